The number of carbonyl (C=O) groups excluding carboxylic acids is 1. The molecule has 7 nitrogen and oxygen atoms in total. The Morgan fingerprint density at radius 1 is 1.44 bits per heavy atom. The van der Waals surface area contributed by atoms with Crippen molar-refractivity contribution >= 4 is 11.9 Å². The summed E-state index contributed by atoms with van der Waals surface area (Å²) in [5, 5.41) is 13.3. The normalized spacial score (nSPS) is 10.9. The molecule has 0 saturated heterocycles. The molecule has 7 heteroatoms. The third-order valence-electron chi connectivity index (χ3n) is 2.60. The van der Waals surface area contributed by atoms with Crippen molar-refractivity contribution in [1.29, 1.82) is 0 Å². The summed E-state index contributed by atoms with van der Waals surface area (Å²) in [4.78, 5) is 16.0. The van der Waals surface area contributed by atoms with Gasteiger partial charge in [-0.25, -0.2) is 0 Å². The quantitative estimate of drug-likeness (QED) is 0.860. The zero-order valence-corrected chi connectivity index (χ0v) is 10.9. The van der Waals surface area contributed by atoms with Crippen LogP contribution in [-0.4, -0.2) is 30.9 Å². The number of hydrogen-bond acceptors (Lipinski definition) is 4. The second-order valence-electron chi connectivity index (χ2n) is 4.38. The van der Waals surface area contributed by atoms with Crippen LogP contribution in [0.5, 0.6) is 0 Å². The fourth-order valence-electron chi connectivity index (χ4n) is 1.73. The van der Waals surface area contributed by atoms with E-state index in [1.54, 1.807) is 17.8 Å². The molecule has 2 aromatic rings. The van der Waals surface area contributed by atoms with Crippen molar-refractivity contribution in [3.8, 4) is 0 Å². The summed E-state index contributed by atoms with van der Waals surface area (Å²) in [6.07, 6.45) is 1.56. The Kier molecular flexibility index (Phi) is 3.14. The number of nitrogens with zero attached hydrogens (tertiary/aromatic N) is 4. The lowest BCUT2D eigenvalue weighted by molar-refractivity contribution is 0.102. The molecule has 0 saturated carbocycles. The maximum absolute atomic E-state index is 12.0. The predicted molar refractivity (Wildman–Crippen MR) is 66.4 cm³/mol. The molecule has 96 valence electrons. The molecule has 0 radical (unpaired) electrons. The van der Waals surface area contributed by atoms with Gasteiger partial charge in [0.15, 0.2) is 0 Å². The second kappa shape index (κ2) is 4.59. The Hall–Kier alpha value is -2.18. The Balaban J connectivity index is 2.19. The highest BCUT2D eigenvalue weighted by Gasteiger charge is 2.16. The van der Waals surface area contributed by atoms with Gasteiger partial charge in [-0.15, -0.1) is 5.10 Å². The van der Waals surface area contributed by atoms with Gasteiger partial charge in [0.1, 0.15) is 5.82 Å². The summed E-state index contributed by atoms with van der Waals surface area (Å²) in [6, 6.07) is 0.220. The predicted octanol–water partition coefficient (Wildman–Crippen LogP) is 1.45. The van der Waals surface area contributed by atoms with Crippen LogP contribution in [-0.2, 0) is 0 Å². The number of amides is 1. The maximum atomic E-state index is 12.0. The number of anilines is 1. The highest BCUT2D eigenvalue weighted by atomic mass is 16.1. The van der Waals surface area contributed by atoms with E-state index in [2.05, 4.69) is 25.6 Å². The van der Waals surface area contributed by atoms with Crippen LogP contribution in [0, 0.1) is 13.8 Å². The van der Waals surface area contributed by atoms with Gasteiger partial charge in [-0.1, -0.05) is 0 Å². The van der Waals surface area contributed by atoms with Crippen LogP contribution in [0.1, 0.15) is 41.8 Å². The maximum Gasteiger partial charge on any atom is 0.261 e. The summed E-state index contributed by atoms with van der Waals surface area (Å²) < 4.78 is 1.80. The SMILES string of the molecule is Cc1nc(NC(=O)c2cnn(C(C)C)c2C)n[nH]1. The first-order chi connectivity index (χ1) is 8.49. The third kappa shape index (κ3) is 2.24. The van der Waals surface area contributed by atoms with E-state index in [9.17, 15) is 4.79 Å². The van der Waals surface area contributed by atoms with Crippen LogP contribution in [0.4, 0.5) is 5.95 Å². The molecule has 2 rings (SSSR count). The number of aromatic amines is 1. The number of rotatable bonds is 3. The molecule has 0 spiro atoms. The summed E-state index contributed by atoms with van der Waals surface area (Å²) in [5.74, 6) is 0.674. The minimum absolute atomic E-state index is 0.220. The molecule has 0 bridgehead atoms. The van der Waals surface area contributed by atoms with E-state index in [1.165, 1.54) is 0 Å². The van der Waals surface area contributed by atoms with Gasteiger partial charge in [0.25, 0.3) is 5.91 Å². The Morgan fingerprint density at radius 3 is 2.67 bits per heavy atom. The van der Waals surface area contributed by atoms with Gasteiger partial charge in [-0.05, 0) is 27.7 Å². The molecular weight excluding hydrogens is 232 g/mol. The highest BCUT2D eigenvalue weighted by molar-refractivity contribution is 6.03. The standard InChI is InChI=1S/C11H16N6O/c1-6(2)17-7(3)9(5-12-17)10(18)14-11-13-8(4)15-16-11/h5-6H,1-4H3,(H2,13,14,15,16,18). The van der Waals surface area contributed by atoms with E-state index in [1.807, 2.05) is 20.8 Å². The van der Waals surface area contributed by atoms with Gasteiger partial charge in [0, 0.05) is 11.7 Å². The average molecular weight is 248 g/mol. The number of H-pyrrole nitrogens is 1. The van der Waals surface area contributed by atoms with Crippen molar-refractivity contribution in [2.24, 2.45) is 0 Å². The highest BCUT2D eigenvalue weighted by Crippen LogP contribution is 2.13. The minimum atomic E-state index is -0.251. The van der Waals surface area contributed by atoms with Crippen molar-refractivity contribution in [2.75, 3.05) is 5.32 Å². The van der Waals surface area contributed by atoms with Crippen molar-refractivity contribution in [1.82, 2.24) is 25.0 Å². The van der Waals surface area contributed by atoms with E-state index in [4.69, 9.17) is 0 Å². The number of hydrogen-bond donors (Lipinski definition) is 2. The molecule has 0 aromatic carbocycles. The zero-order valence-electron chi connectivity index (χ0n) is 10.9. The van der Waals surface area contributed by atoms with Gasteiger partial charge < -0.3 is 0 Å². The molecule has 1 amide bonds. The van der Waals surface area contributed by atoms with Crippen LogP contribution in [0.15, 0.2) is 6.20 Å². The number of aryl methyl sites for hydroxylation is 1. The first-order valence-electron chi connectivity index (χ1n) is 5.73. The first-order valence-corrected chi connectivity index (χ1v) is 5.73. The molecule has 0 aliphatic heterocycles. The molecule has 18 heavy (non-hydrogen) atoms. The van der Waals surface area contributed by atoms with Crippen LogP contribution in [0.2, 0.25) is 0 Å². The topological polar surface area (TPSA) is 88.5 Å². The van der Waals surface area contributed by atoms with Gasteiger partial charge >= 0.3 is 0 Å². The number of nitrogens with one attached hydrogen (secondary N) is 2. The van der Waals surface area contributed by atoms with E-state index in [-0.39, 0.29) is 17.9 Å². The van der Waals surface area contributed by atoms with Crippen LogP contribution < -0.4 is 5.32 Å². The zero-order chi connectivity index (χ0) is 13.3. The van der Waals surface area contributed by atoms with Crippen LogP contribution in [0.3, 0.4) is 0 Å². The van der Waals surface area contributed by atoms with Crippen LogP contribution >= 0.6 is 0 Å². The molecule has 0 unspecified atom stereocenters. The molecule has 2 N–H and O–H groups in total. The van der Waals surface area contributed by atoms with Gasteiger partial charge in [0.2, 0.25) is 5.95 Å². The van der Waals surface area contributed by atoms with Crippen LogP contribution in [0.25, 0.3) is 0 Å². The minimum Gasteiger partial charge on any atom is -0.289 e. The summed E-state index contributed by atoms with van der Waals surface area (Å²) in [6.45, 7) is 7.66. The van der Waals surface area contributed by atoms with Crippen molar-refractivity contribution in [2.45, 2.75) is 33.7 Å². The number of aromatic nitrogens is 5. The van der Waals surface area contributed by atoms with E-state index < -0.39 is 0 Å². The fraction of sp³-hybridized carbons (Fsp3) is 0.455. The second-order valence-corrected chi connectivity index (χ2v) is 4.38. The summed E-state index contributed by atoms with van der Waals surface area (Å²) in [7, 11) is 0. The van der Waals surface area contributed by atoms with Gasteiger partial charge in [-0.2, -0.15) is 10.1 Å². The van der Waals surface area contributed by atoms with Crippen molar-refractivity contribution in [3.63, 3.8) is 0 Å². The molecule has 2 aromatic heterocycles. The molecule has 0 atom stereocenters. The fourth-order valence-corrected chi connectivity index (χ4v) is 1.73. The van der Waals surface area contributed by atoms with E-state index >= 15 is 0 Å². The van der Waals surface area contributed by atoms with Gasteiger partial charge in [-0.3, -0.25) is 19.9 Å². The molecule has 2 heterocycles. The smallest absolute Gasteiger partial charge is 0.261 e. The average Bonchev–Trinajstić information content (AvgIpc) is 2.85. The molecule has 0 aliphatic rings. The summed E-state index contributed by atoms with van der Waals surface area (Å²) >= 11 is 0. The third-order valence-corrected chi connectivity index (χ3v) is 2.60. The lowest BCUT2D eigenvalue weighted by Gasteiger charge is -2.08. The molecule has 0 aliphatic carbocycles. The van der Waals surface area contributed by atoms with Gasteiger partial charge in [0.05, 0.1) is 11.8 Å². The largest absolute Gasteiger partial charge is 0.289 e. The molecular formula is C11H16N6O. The lowest BCUT2D eigenvalue weighted by atomic mass is 10.2. The first kappa shape index (κ1) is 12.3. The summed E-state index contributed by atoms with van der Waals surface area (Å²) in [5.41, 5.74) is 1.36. The van der Waals surface area contributed by atoms with E-state index in [0.717, 1.165) is 5.69 Å². The Bertz CT molecular complexity index is 568. The number of carbonyl (C=O) groups is 1. The van der Waals surface area contributed by atoms with E-state index in [0.29, 0.717) is 11.4 Å². The van der Waals surface area contributed by atoms with Crippen molar-refractivity contribution in [3.05, 3.63) is 23.3 Å². The lowest BCUT2D eigenvalue weighted by Crippen LogP contribution is -2.14. The monoisotopic (exact) mass is 248 g/mol. The Labute approximate surface area is 105 Å². The molecule has 0 fully saturated rings. The Morgan fingerprint density at radius 2 is 2.17 bits per heavy atom. The van der Waals surface area contributed by atoms with Crippen molar-refractivity contribution < 1.29 is 4.79 Å².